The van der Waals surface area contributed by atoms with E-state index in [1.807, 2.05) is 41.2 Å². The predicted molar refractivity (Wildman–Crippen MR) is 179 cm³/mol. The van der Waals surface area contributed by atoms with Gasteiger partial charge in [-0.2, -0.15) is 9.61 Å². The van der Waals surface area contributed by atoms with Crippen molar-refractivity contribution < 1.29 is 4.79 Å². The fourth-order valence-corrected chi connectivity index (χ4v) is 8.05. The van der Waals surface area contributed by atoms with Gasteiger partial charge in [0.05, 0.1) is 17.6 Å². The molecule has 7 heterocycles. The van der Waals surface area contributed by atoms with Crippen molar-refractivity contribution in [3.63, 3.8) is 0 Å². The Morgan fingerprint density at radius 1 is 0.872 bits per heavy atom. The number of pyridine rings is 1. The molecule has 47 heavy (non-hydrogen) atoms. The summed E-state index contributed by atoms with van der Waals surface area (Å²) in [4.78, 5) is 33.8. The molecule has 9 rings (SSSR count). The molecule has 2 unspecified atom stereocenters. The van der Waals surface area contributed by atoms with Crippen LogP contribution in [0.5, 0.6) is 0 Å². The van der Waals surface area contributed by atoms with E-state index in [0.29, 0.717) is 23.5 Å². The molecule has 1 aliphatic carbocycles. The molecule has 12 nitrogen and oxygen atoms in total. The van der Waals surface area contributed by atoms with Crippen LogP contribution in [0.3, 0.4) is 0 Å². The van der Waals surface area contributed by atoms with Crippen LogP contribution in [0.15, 0.2) is 54.9 Å². The van der Waals surface area contributed by atoms with E-state index >= 15 is 0 Å². The molecule has 4 aromatic heterocycles. The number of anilines is 2. The molecule has 1 amide bonds. The maximum Gasteiger partial charge on any atom is 0.292 e. The summed E-state index contributed by atoms with van der Waals surface area (Å²) in [5.41, 5.74) is 13.8. The van der Waals surface area contributed by atoms with Gasteiger partial charge in [0.25, 0.3) is 5.91 Å². The van der Waals surface area contributed by atoms with Crippen LogP contribution in [0.25, 0.3) is 28.0 Å². The minimum atomic E-state index is -0.0429. The summed E-state index contributed by atoms with van der Waals surface area (Å²) in [5, 5.41) is 13.4. The van der Waals surface area contributed by atoms with Crippen LogP contribution < -0.4 is 10.6 Å². The molecule has 240 valence electrons. The molecule has 1 aromatic carbocycles. The highest BCUT2D eigenvalue weighted by atomic mass is 16.2. The van der Waals surface area contributed by atoms with E-state index in [1.54, 1.807) is 0 Å². The van der Waals surface area contributed by atoms with Crippen molar-refractivity contribution in [1.29, 1.82) is 0 Å². The molecule has 1 saturated carbocycles. The number of nitrogens with one attached hydrogen (secondary N) is 1. The molecule has 3 saturated heterocycles. The Hall–Kier alpha value is -4.84. The third-order valence-electron chi connectivity index (χ3n) is 10.7. The van der Waals surface area contributed by atoms with Gasteiger partial charge in [-0.05, 0) is 57.6 Å². The lowest BCUT2D eigenvalue weighted by Crippen LogP contribution is -2.46. The number of likely N-dealkylation sites (N-methyl/N-ethyl adjacent to an activating group) is 1. The summed E-state index contributed by atoms with van der Waals surface area (Å²) in [6.07, 6.45) is 9.69. The number of rotatable bonds is 6. The topological polar surface area (TPSA) is 137 Å². The summed E-state index contributed by atoms with van der Waals surface area (Å²) >= 11 is 0. The fourth-order valence-electron chi connectivity index (χ4n) is 8.05. The van der Waals surface area contributed by atoms with Crippen LogP contribution in [0.1, 0.15) is 72.2 Å². The SMILES string of the molecule is CN1CCN(c2nnc(C(=O)N3C4CCC3CC(c3nc5c(-c6ccc(-c7ccccc7)nc6)cnn5c(N)c3C3CC3)C4)[nH]2)CC1. The van der Waals surface area contributed by atoms with Crippen molar-refractivity contribution in [1.82, 2.24) is 44.6 Å². The molecule has 12 heteroatoms. The van der Waals surface area contributed by atoms with Gasteiger partial charge in [-0.25, -0.2) is 4.98 Å². The number of aromatic amines is 1. The van der Waals surface area contributed by atoms with Crippen molar-refractivity contribution in [2.24, 2.45) is 0 Å². The third kappa shape index (κ3) is 4.93. The molecule has 2 atom stereocenters. The van der Waals surface area contributed by atoms with Gasteiger partial charge >= 0.3 is 0 Å². The Morgan fingerprint density at radius 2 is 1.64 bits per heavy atom. The van der Waals surface area contributed by atoms with E-state index in [-0.39, 0.29) is 23.9 Å². The fraction of sp³-hybridized carbons (Fsp3) is 0.429. The van der Waals surface area contributed by atoms with Gasteiger partial charge in [-0.3, -0.25) is 9.78 Å². The first kappa shape index (κ1) is 28.4. The first-order chi connectivity index (χ1) is 23.0. The number of piperazine rings is 1. The molecule has 4 aliphatic rings. The largest absolute Gasteiger partial charge is 0.383 e. The second-order valence-corrected chi connectivity index (χ2v) is 13.7. The van der Waals surface area contributed by atoms with Crippen LogP contribution in [-0.2, 0) is 0 Å². The lowest BCUT2D eigenvalue weighted by atomic mass is 9.85. The maximum atomic E-state index is 13.9. The van der Waals surface area contributed by atoms with Gasteiger partial charge in [0, 0.05) is 72.6 Å². The normalized spacial score (nSPS) is 23.1. The summed E-state index contributed by atoms with van der Waals surface area (Å²) in [6.45, 7) is 3.67. The molecule has 3 N–H and O–H groups in total. The van der Waals surface area contributed by atoms with E-state index in [1.165, 1.54) is 0 Å². The van der Waals surface area contributed by atoms with Gasteiger partial charge in [0.1, 0.15) is 5.82 Å². The number of carbonyl (C=O) groups is 1. The molecule has 0 spiro atoms. The van der Waals surface area contributed by atoms with Crippen molar-refractivity contribution in [3.05, 3.63) is 71.9 Å². The number of nitrogen functional groups attached to an aromatic ring is 1. The maximum absolute atomic E-state index is 13.9. The predicted octanol–water partition coefficient (Wildman–Crippen LogP) is 4.34. The Bertz CT molecular complexity index is 1930. The highest BCUT2D eigenvalue weighted by Gasteiger charge is 2.46. The van der Waals surface area contributed by atoms with Crippen LogP contribution in [0.4, 0.5) is 11.8 Å². The summed E-state index contributed by atoms with van der Waals surface area (Å²) in [5.74, 6) is 2.31. The van der Waals surface area contributed by atoms with Crippen molar-refractivity contribution >= 4 is 23.3 Å². The zero-order valence-electron chi connectivity index (χ0n) is 26.6. The third-order valence-corrected chi connectivity index (χ3v) is 10.7. The Labute approximate surface area is 273 Å². The molecular weight excluding hydrogens is 590 g/mol. The van der Waals surface area contributed by atoms with Crippen molar-refractivity contribution in [3.8, 4) is 22.4 Å². The monoisotopic (exact) mass is 629 g/mol. The number of nitrogens with two attached hydrogens (primary N) is 1. The van der Waals surface area contributed by atoms with E-state index in [2.05, 4.69) is 55.1 Å². The molecule has 4 fully saturated rings. The summed E-state index contributed by atoms with van der Waals surface area (Å²) in [6, 6.07) is 14.6. The first-order valence-corrected chi connectivity index (χ1v) is 16.9. The molecule has 3 aliphatic heterocycles. The average Bonchev–Trinajstić information content (AvgIpc) is 3.53. The van der Waals surface area contributed by atoms with E-state index in [4.69, 9.17) is 20.8 Å². The smallest absolute Gasteiger partial charge is 0.292 e. The number of piperidine rings is 1. The van der Waals surface area contributed by atoms with Crippen LogP contribution in [0, 0.1) is 0 Å². The van der Waals surface area contributed by atoms with E-state index in [9.17, 15) is 4.79 Å². The zero-order chi connectivity index (χ0) is 31.6. The van der Waals surface area contributed by atoms with Gasteiger partial charge in [-0.1, -0.05) is 36.4 Å². The summed E-state index contributed by atoms with van der Waals surface area (Å²) in [7, 11) is 2.12. The van der Waals surface area contributed by atoms with Crippen molar-refractivity contribution in [2.75, 3.05) is 43.9 Å². The minimum absolute atomic E-state index is 0.0429. The minimum Gasteiger partial charge on any atom is -0.383 e. The van der Waals surface area contributed by atoms with Crippen LogP contribution in [-0.4, -0.2) is 95.8 Å². The van der Waals surface area contributed by atoms with E-state index in [0.717, 1.165) is 104 Å². The number of fused-ring (bicyclic) bond motifs is 3. The number of H-pyrrole nitrogens is 1. The number of nitrogens with zero attached hydrogens (tertiary/aromatic N) is 9. The number of hydrogen-bond donors (Lipinski definition) is 2. The highest BCUT2D eigenvalue weighted by Crippen LogP contribution is 2.50. The lowest BCUT2D eigenvalue weighted by Gasteiger charge is -2.39. The Balaban J connectivity index is 1.00. The standard InChI is InChI=1S/C35H39N11O/c1-43-13-15-44(16-14-43)35-40-32(41-42-35)34(47)45-25-10-11-26(45)18-24(17-25)30-29(22-7-8-22)31(36)46-33(39-30)27(20-38-46)23-9-12-28(37-19-23)21-5-3-2-4-6-21/h2-6,9,12,19-20,22,24-26H,7-8,10-11,13-18,36H2,1H3,(H,40,41,42). The molecule has 5 aromatic rings. The Kier molecular flexibility index (Phi) is 6.73. The molecule has 0 radical (unpaired) electrons. The number of amides is 1. The zero-order valence-corrected chi connectivity index (χ0v) is 26.6. The lowest BCUT2D eigenvalue weighted by molar-refractivity contribution is 0.0557. The van der Waals surface area contributed by atoms with Gasteiger partial charge < -0.3 is 25.4 Å². The molecular formula is C35H39N11O. The average molecular weight is 630 g/mol. The van der Waals surface area contributed by atoms with Crippen LogP contribution >= 0.6 is 0 Å². The van der Waals surface area contributed by atoms with Gasteiger partial charge in [0.2, 0.25) is 11.8 Å². The van der Waals surface area contributed by atoms with Crippen LogP contribution in [0.2, 0.25) is 0 Å². The van der Waals surface area contributed by atoms with Gasteiger partial charge in [0.15, 0.2) is 5.65 Å². The number of benzene rings is 1. The molecule has 2 bridgehead atoms. The van der Waals surface area contributed by atoms with E-state index < -0.39 is 0 Å². The number of hydrogen-bond acceptors (Lipinski definition) is 9. The quantitative estimate of drug-likeness (QED) is 0.281. The number of carbonyl (C=O) groups excluding carboxylic acids is 1. The highest BCUT2D eigenvalue weighted by molar-refractivity contribution is 5.91. The summed E-state index contributed by atoms with van der Waals surface area (Å²) < 4.78 is 1.81. The second kappa shape index (κ2) is 11.2. The first-order valence-electron chi connectivity index (χ1n) is 16.9. The second-order valence-electron chi connectivity index (χ2n) is 13.7. The Morgan fingerprint density at radius 3 is 2.34 bits per heavy atom. The van der Waals surface area contributed by atoms with Crippen molar-refractivity contribution in [2.45, 2.75) is 62.4 Å². The van der Waals surface area contributed by atoms with Gasteiger partial charge in [-0.15, -0.1) is 10.2 Å². The number of aromatic nitrogens is 7.